The summed E-state index contributed by atoms with van der Waals surface area (Å²) in [4.78, 5) is 6.89. The lowest BCUT2D eigenvalue weighted by Crippen LogP contribution is -2.34. The van der Waals surface area contributed by atoms with Gasteiger partial charge >= 0.3 is 0 Å². The van der Waals surface area contributed by atoms with Crippen molar-refractivity contribution in [3.8, 4) is 0 Å². The monoisotopic (exact) mass is 229 g/mol. The van der Waals surface area contributed by atoms with Crippen LogP contribution in [-0.4, -0.2) is 76.6 Å². The van der Waals surface area contributed by atoms with E-state index in [1.807, 2.05) is 0 Å². The molecule has 0 rings (SSSR count). The first kappa shape index (κ1) is 15.9. The van der Waals surface area contributed by atoms with Crippen molar-refractivity contribution in [3.63, 3.8) is 0 Å². The quantitative estimate of drug-likeness (QED) is 0.621. The Kier molecular flexibility index (Phi) is 7.98. The Hall–Kier alpha value is -0.120. The maximum Gasteiger partial charge on any atom is 0.000706 e. The van der Waals surface area contributed by atoms with Gasteiger partial charge in [0.05, 0.1) is 0 Å². The summed E-state index contributed by atoms with van der Waals surface area (Å²) < 4.78 is 0. The first-order valence-corrected chi connectivity index (χ1v) is 6.27. The number of nitrogens with zero attached hydrogens (tertiary/aromatic N) is 3. The molecule has 98 valence electrons. The molecular formula is C13H31N3. The molecule has 0 spiro atoms. The third kappa shape index (κ3) is 8.08. The minimum atomic E-state index is 0.761. The second-order valence-electron chi connectivity index (χ2n) is 5.85. The molecule has 0 aromatic carbocycles. The van der Waals surface area contributed by atoms with Crippen LogP contribution >= 0.6 is 0 Å². The van der Waals surface area contributed by atoms with E-state index in [4.69, 9.17) is 0 Å². The maximum atomic E-state index is 2.38. The normalized spacial score (nSPS) is 16.1. The first-order chi connectivity index (χ1) is 7.32. The van der Waals surface area contributed by atoms with Crippen LogP contribution in [0.15, 0.2) is 0 Å². The average Bonchev–Trinajstić information content (AvgIpc) is 2.09. The molecule has 0 aliphatic carbocycles. The Balaban J connectivity index is 4.17. The largest absolute Gasteiger partial charge is 0.309 e. The van der Waals surface area contributed by atoms with E-state index < -0.39 is 0 Å². The second-order valence-corrected chi connectivity index (χ2v) is 5.85. The summed E-state index contributed by atoms with van der Waals surface area (Å²) in [6.45, 7) is 5.95. The van der Waals surface area contributed by atoms with Gasteiger partial charge in [0.25, 0.3) is 0 Å². The lowest BCUT2D eigenvalue weighted by atomic mass is 9.90. The van der Waals surface area contributed by atoms with Gasteiger partial charge in [-0.25, -0.2) is 0 Å². The summed E-state index contributed by atoms with van der Waals surface area (Å²) in [6.07, 6.45) is 1.29. The predicted molar refractivity (Wildman–Crippen MR) is 72.9 cm³/mol. The van der Waals surface area contributed by atoms with Crippen LogP contribution < -0.4 is 0 Å². The highest BCUT2D eigenvalue weighted by Gasteiger charge is 2.18. The van der Waals surface area contributed by atoms with Crippen LogP contribution in [0.5, 0.6) is 0 Å². The van der Waals surface area contributed by atoms with Crippen LogP contribution in [0.4, 0.5) is 0 Å². The van der Waals surface area contributed by atoms with Crippen molar-refractivity contribution in [2.45, 2.75) is 13.3 Å². The third-order valence-corrected chi connectivity index (χ3v) is 3.00. The SMILES string of the molecule is CC(CN(C)C)C(CCN(C)C)CN(C)C. The molecule has 2 atom stereocenters. The van der Waals surface area contributed by atoms with Crippen LogP contribution in [0.25, 0.3) is 0 Å². The smallest absolute Gasteiger partial charge is 0.000706 e. The van der Waals surface area contributed by atoms with Crippen molar-refractivity contribution in [1.29, 1.82) is 0 Å². The second kappa shape index (κ2) is 8.04. The van der Waals surface area contributed by atoms with Crippen molar-refractivity contribution in [3.05, 3.63) is 0 Å². The van der Waals surface area contributed by atoms with Crippen LogP contribution in [-0.2, 0) is 0 Å². The zero-order chi connectivity index (χ0) is 12.7. The molecule has 0 heterocycles. The molecule has 0 aromatic rings. The summed E-state index contributed by atoms with van der Waals surface area (Å²) in [6, 6.07) is 0. The Morgan fingerprint density at radius 2 is 1.25 bits per heavy atom. The molecule has 0 bridgehead atoms. The summed E-state index contributed by atoms with van der Waals surface area (Å²) >= 11 is 0. The molecule has 0 fully saturated rings. The molecule has 2 unspecified atom stereocenters. The van der Waals surface area contributed by atoms with Crippen LogP contribution in [0.2, 0.25) is 0 Å². The summed E-state index contributed by atoms with van der Waals surface area (Å²) in [5.41, 5.74) is 0. The molecule has 0 amide bonds. The van der Waals surface area contributed by atoms with Gasteiger partial charge in [-0.3, -0.25) is 0 Å². The predicted octanol–water partition coefficient (Wildman–Crippen LogP) is 1.31. The van der Waals surface area contributed by atoms with E-state index in [1.54, 1.807) is 0 Å². The van der Waals surface area contributed by atoms with Crippen LogP contribution in [0.1, 0.15) is 13.3 Å². The summed E-state index contributed by atoms with van der Waals surface area (Å²) in [5, 5.41) is 0. The summed E-state index contributed by atoms with van der Waals surface area (Å²) in [5.74, 6) is 1.55. The highest BCUT2D eigenvalue weighted by Crippen LogP contribution is 2.17. The van der Waals surface area contributed by atoms with Gasteiger partial charge in [-0.1, -0.05) is 6.92 Å². The standard InChI is InChI=1S/C13H31N3/c1-12(10-15(4)5)13(11-16(6)7)8-9-14(2)3/h12-13H,8-11H2,1-7H3. The molecule has 0 aliphatic rings. The molecule has 0 saturated heterocycles. The highest BCUT2D eigenvalue weighted by molar-refractivity contribution is 4.72. The molecule has 0 N–H and O–H groups in total. The van der Waals surface area contributed by atoms with Crippen molar-refractivity contribution >= 4 is 0 Å². The van der Waals surface area contributed by atoms with Gasteiger partial charge in [-0.05, 0) is 67.1 Å². The van der Waals surface area contributed by atoms with E-state index in [0.717, 1.165) is 11.8 Å². The number of rotatable bonds is 8. The van der Waals surface area contributed by atoms with Gasteiger partial charge < -0.3 is 14.7 Å². The third-order valence-electron chi connectivity index (χ3n) is 3.00. The summed E-state index contributed by atoms with van der Waals surface area (Å²) in [7, 11) is 13.0. The minimum Gasteiger partial charge on any atom is -0.309 e. The molecule has 0 radical (unpaired) electrons. The molecule has 0 aromatic heterocycles. The van der Waals surface area contributed by atoms with E-state index in [2.05, 4.69) is 63.9 Å². The van der Waals surface area contributed by atoms with E-state index >= 15 is 0 Å². The average molecular weight is 229 g/mol. The van der Waals surface area contributed by atoms with Gasteiger partial charge in [-0.15, -0.1) is 0 Å². The van der Waals surface area contributed by atoms with Crippen LogP contribution in [0.3, 0.4) is 0 Å². The first-order valence-electron chi connectivity index (χ1n) is 6.27. The zero-order valence-electron chi connectivity index (χ0n) is 12.3. The molecule has 0 aliphatic heterocycles. The van der Waals surface area contributed by atoms with E-state index in [-0.39, 0.29) is 0 Å². The van der Waals surface area contributed by atoms with Crippen molar-refractivity contribution in [1.82, 2.24) is 14.7 Å². The Morgan fingerprint density at radius 3 is 1.62 bits per heavy atom. The topological polar surface area (TPSA) is 9.72 Å². The van der Waals surface area contributed by atoms with Crippen molar-refractivity contribution in [2.75, 3.05) is 61.9 Å². The number of hydrogen-bond donors (Lipinski definition) is 0. The highest BCUT2D eigenvalue weighted by atomic mass is 15.1. The fraction of sp³-hybridized carbons (Fsp3) is 1.00. The Labute approximate surface area is 102 Å². The van der Waals surface area contributed by atoms with E-state index in [0.29, 0.717) is 0 Å². The Bertz CT molecular complexity index is 167. The fourth-order valence-electron chi connectivity index (χ4n) is 2.17. The van der Waals surface area contributed by atoms with Crippen LogP contribution in [0, 0.1) is 11.8 Å². The molecule has 0 saturated carbocycles. The molecular weight excluding hydrogens is 198 g/mol. The van der Waals surface area contributed by atoms with Crippen molar-refractivity contribution < 1.29 is 0 Å². The van der Waals surface area contributed by atoms with Gasteiger partial charge in [0, 0.05) is 13.1 Å². The molecule has 3 heteroatoms. The lowest BCUT2D eigenvalue weighted by Gasteiger charge is -2.29. The van der Waals surface area contributed by atoms with Crippen molar-refractivity contribution in [2.24, 2.45) is 11.8 Å². The molecule has 16 heavy (non-hydrogen) atoms. The van der Waals surface area contributed by atoms with Gasteiger partial charge in [-0.2, -0.15) is 0 Å². The zero-order valence-corrected chi connectivity index (χ0v) is 12.3. The minimum absolute atomic E-state index is 0.761. The number of hydrogen-bond acceptors (Lipinski definition) is 3. The lowest BCUT2D eigenvalue weighted by molar-refractivity contribution is 0.192. The van der Waals surface area contributed by atoms with Gasteiger partial charge in [0.2, 0.25) is 0 Å². The van der Waals surface area contributed by atoms with Gasteiger partial charge in [0.1, 0.15) is 0 Å². The maximum absolute atomic E-state index is 2.38. The van der Waals surface area contributed by atoms with E-state index in [9.17, 15) is 0 Å². The molecule has 3 nitrogen and oxygen atoms in total. The van der Waals surface area contributed by atoms with Gasteiger partial charge in [0.15, 0.2) is 0 Å². The Morgan fingerprint density at radius 1 is 0.750 bits per heavy atom. The fourth-order valence-corrected chi connectivity index (χ4v) is 2.17. The van der Waals surface area contributed by atoms with E-state index in [1.165, 1.54) is 26.1 Å².